The molecule has 0 aliphatic rings. The van der Waals surface area contributed by atoms with Crippen molar-refractivity contribution in [3.63, 3.8) is 0 Å². The number of aliphatic hydroxyl groups excluding tert-OH is 1. The first-order valence-corrected chi connectivity index (χ1v) is 6.06. The molecule has 0 saturated carbocycles. The van der Waals surface area contributed by atoms with Crippen molar-refractivity contribution in [3.8, 4) is 0 Å². The highest BCUT2D eigenvalue weighted by atomic mass is 16.3. The van der Waals surface area contributed by atoms with Gasteiger partial charge in [-0.1, -0.05) is 13.8 Å². The monoisotopic (exact) mass is 230 g/mol. The van der Waals surface area contributed by atoms with Gasteiger partial charge in [-0.15, -0.1) is 0 Å². The van der Waals surface area contributed by atoms with Crippen LogP contribution in [-0.4, -0.2) is 48.7 Å². The zero-order valence-corrected chi connectivity index (χ0v) is 11.0. The third-order valence-electron chi connectivity index (χ3n) is 2.66. The molecule has 16 heavy (non-hydrogen) atoms. The molecule has 0 aliphatic carbocycles. The Balaban J connectivity index is 3.70. The van der Waals surface area contributed by atoms with Gasteiger partial charge < -0.3 is 15.3 Å². The Bertz CT molecular complexity index is 201. The van der Waals surface area contributed by atoms with Crippen molar-refractivity contribution in [3.05, 3.63) is 0 Å². The Hall–Kier alpha value is -0.610. The summed E-state index contributed by atoms with van der Waals surface area (Å²) in [5, 5.41) is 12.3. The summed E-state index contributed by atoms with van der Waals surface area (Å²) in [6.07, 6.45) is 0.531. The molecule has 0 heterocycles. The molecule has 0 atom stereocenters. The lowest BCUT2D eigenvalue weighted by Gasteiger charge is -2.23. The number of amides is 1. The summed E-state index contributed by atoms with van der Waals surface area (Å²) < 4.78 is 0. The lowest BCUT2D eigenvalue weighted by Crippen LogP contribution is -2.36. The van der Waals surface area contributed by atoms with E-state index in [1.807, 2.05) is 32.6 Å². The molecule has 0 fully saturated rings. The predicted molar refractivity (Wildman–Crippen MR) is 66.3 cm³/mol. The number of hydrogen-bond donors (Lipinski definition) is 2. The van der Waals surface area contributed by atoms with Gasteiger partial charge in [-0.3, -0.25) is 4.79 Å². The Morgan fingerprint density at radius 1 is 1.31 bits per heavy atom. The van der Waals surface area contributed by atoms with Crippen molar-refractivity contribution in [2.24, 2.45) is 5.41 Å². The second kappa shape index (κ2) is 7.63. The van der Waals surface area contributed by atoms with Gasteiger partial charge in [-0.2, -0.15) is 0 Å². The zero-order valence-electron chi connectivity index (χ0n) is 11.0. The minimum absolute atomic E-state index is 0.113. The lowest BCUT2D eigenvalue weighted by atomic mass is 9.95. The second-order valence-corrected chi connectivity index (χ2v) is 4.82. The number of aliphatic hydroxyl groups is 1. The fourth-order valence-electron chi connectivity index (χ4n) is 1.41. The number of carbonyl (C=O) groups is 1. The molecular formula is C12H26N2O2. The largest absolute Gasteiger partial charge is 0.396 e. The fraction of sp³-hybridized carbons (Fsp3) is 0.917. The first kappa shape index (κ1) is 15.4. The smallest absolute Gasteiger partial charge is 0.223 e. The van der Waals surface area contributed by atoms with Gasteiger partial charge >= 0.3 is 0 Å². The summed E-state index contributed by atoms with van der Waals surface area (Å²) >= 11 is 0. The van der Waals surface area contributed by atoms with Gasteiger partial charge in [0, 0.05) is 44.6 Å². The van der Waals surface area contributed by atoms with E-state index < -0.39 is 0 Å². The minimum atomic E-state index is -0.113. The van der Waals surface area contributed by atoms with E-state index in [0.717, 1.165) is 19.6 Å². The predicted octanol–water partition coefficient (Wildman–Crippen LogP) is 0.853. The summed E-state index contributed by atoms with van der Waals surface area (Å²) in [6.45, 7) is 11.1. The number of nitrogens with zero attached hydrogens (tertiary/aromatic N) is 1. The molecule has 2 N–H and O–H groups in total. The molecule has 0 bridgehead atoms. The molecule has 0 aromatic heterocycles. The van der Waals surface area contributed by atoms with Crippen LogP contribution in [0.4, 0.5) is 0 Å². The molecule has 96 valence electrons. The van der Waals surface area contributed by atoms with Crippen LogP contribution in [0.5, 0.6) is 0 Å². The van der Waals surface area contributed by atoms with Crippen LogP contribution in [0, 0.1) is 5.41 Å². The van der Waals surface area contributed by atoms with Crippen molar-refractivity contribution in [1.82, 2.24) is 10.2 Å². The quantitative estimate of drug-likeness (QED) is 0.608. The van der Waals surface area contributed by atoms with Crippen molar-refractivity contribution in [2.75, 3.05) is 32.8 Å². The van der Waals surface area contributed by atoms with Crippen LogP contribution >= 0.6 is 0 Å². The molecule has 0 rings (SSSR count). The van der Waals surface area contributed by atoms with E-state index in [4.69, 9.17) is 5.11 Å². The zero-order chi connectivity index (χ0) is 12.6. The van der Waals surface area contributed by atoms with Gasteiger partial charge in [0.15, 0.2) is 0 Å². The lowest BCUT2D eigenvalue weighted by molar-refractivity contribution is -0.130. The van der Waals surface area contributed by atoms with E-state index >= 15 is 0 Å². The number of rotatable bonds is 8. The number of hydrogen-bond acceptors (Lipinski definition) is 3. The van der Waals surface area contributed by atoms with Gasteiger partial charge in [0.05, 0.1) is 0 Å². The van der Waals surface area contributed by atoms with Crippen LogP contribution in [0.2, 0.25) is 0 Å². The highest BCUT2D eigenvalue weighted by molar-refractivity contribution is 5.76. The standard InChI is InChI=1S/C12H26N2O2/c1-5-14(6-2)11(16)7-8-13-9-12(3,4)10-15/h13,15H,5-10H2,1-4H3. The number of carbonyl (C=O) groups excluding carboxylic acids is 1. The average Bonchev–Trinajstić information content (AvgIpc) is 2.26. The maximum atomic E-state index is 11.6. The van der Waals surface area contributed by atoms with Crippen LogP contribution in [-0.2, 0) is 4.79 Å². The van der Waals surface area contributed by atoms with Crippen LogP contribution < -0.4 is 5.32 Å². The maximum Gasteiger partial charge on any atom is 0.223 e. The summed E-state index contributed by atoms with van der Waals surface area (Å²) in [4.78, 5) is 13.5. The third kappa shape index (κ3) is 6.08. The molecule has 0 unspecified atom stereocenters. The molecular weight excluding hydrogens is 204 g/mol. The summed E-state index contributed by atoms with van der Waals surface area (Å²) in [6, 6.07) is 0. The van der Waals surface area contributed by atoms with E-state index in [1.54, 1.807) is 0 Å². The maximum absolute atomic E-state index is 11.6. The van der Waals surface area contributed by atoms with Crippen LogP contribution in [0.3, 0.4) is 0 Å². The minimum Gasteiger partial charge on any atom is -0.396 e. The molecule has 1 amide bonds. The average molecular weight is 230 g/mol. The van der Waals surface area contributed by atoms with Gasteiger partial charge in [-0.25, -0.2) is 0 Å². The van der Waals surface area contributed by atoms with Crippen LogP contribution in [0.25, 0.3) is 0 Å². The molecule has 0 aliphatic heterocycles. The Kier molecular flexibility index (Phi) is 7.34. The molecule has 0 radical (unpaired) electrons. The van der Waals surface area contributed by atoms with Crippen LogP contribution in [0.15, 0.2) is 0 Å². The molecule has 4 heteroatoms. The van der Waals surface area contributed by atoms with Gasteiger partial charge in [0.2, 0.25) is 5.91 Å². The van der Waals surface area contributed by atoms with E-state index in [0.29, 0.717) is 13.0 Å². The van der Waals surface area contributed by atoms with Crippen molar-refractivity contribution in [2.45, 2.75) is 34.1 Å². The Morgan fingerprint density at radius 3 is 2.31 bits per heavy atom. The highest BCUT2D eigenvalue weighted by Gasteiger charge is 2.16. The SMILES string of the molecule is CCN(CC)C(=O)CCNCC(C)(C)CO. The van der Waals surface area contributed by atoms with Crippen molar-refractivity contribution < 1.29 is 9.90 Å². The third-order valence-corrected chi connectivity index (χ3v) is 2.66. The van der Waals surface area contributed by atoms with E-state index in [9.17, 15) is 4.79 Å². The Labute approximate surface area is 99.0 Å². The highest BCUT2D eigenvalue weighted by Crippen LogP contribution is 2.10. The van der Waals surface area contributed by atoms with E-state index in [-0.39, 0.29) is 17.9 Å². The second-order valence-electron chi connectivity index (χ2n) is 4.82. The molecule has 4 nitrogen and oxygen atoms in total. The van der Waals surface area contributed by atoms with Gasteiger partial charge in [0.1, 0.15) is 0 Å². The van der Waals surface area contributed by atoms with Gasteiger partial charge in [-0.05, 0) is 13.8 Å². The first-order valence-electron chi connectivity index (χ1n) is 6.06. The molecule has 0 spiro atoms. The van der Waals surface area contributed by atoms with E-state index in [2.05, 4.69) is 5.32 Å². The molecule has 0 saturated heterocycles. The summed E-state index contributed by atoms with van der Waals surface area (Å²) in [5.41, 5.74) is -0.113. The number of nitrogens with one attached hydrogen (secondary N) is 1. The Morgan fingerprint density at radius 2 is 1.88 bits per heavy atom. The topological polar surface area (TPSA) is 52.6 Å². The normalized spacial score (nSPS) is 11.6. The van der Waals surface area contributed by atoms with E-state index in [1.165, 1.54) is 0 Å². The fourth-order valence-corrected chi connectivity index (χ4v) is 1.41. The molecule has 0 aromatic rings. The van der Waals surface area contributed by atoms with Gasteiger partial charge in [0.25, 0.3) is 0 Å². The van der Waals surface area contributed by atoms with Crippen molar-refractivity contribution >= 4 is 5.91 Å². The van der Waals surface area contributed by atoms with Crippen molar-refractivity contribution in [1.29, 1.82) is 0 Å². The first-order chi connectivity index (χ1) is 7.46. The summed E-state index contributed by atoms with van der Waals surface area (Å²) in [7, 11) is 0. The summed E-state index contributed by atoms with van der Waals surface area (Å²) in [5.74, 6) is 0.194. The molecule has 0 aromatic carbocycles. The van der Waals surface area contributed by atoms with Crippen LogP contribution in [0.1, 0.15) is 34.1 Å².